The number of benzene rings is 2. The van der Waals surface area contributed by atoms with Gasteiger partial charge in [0.15, 0.2) is 0 Å². The van der Waals surface area contributed by atoms with E-state index in [1.807, 2.05) is 24.3 Å². The Hall–Kier alpha value is -2.77. The summed E-state index contributed by atoms with van der Waals surface area (Å²) in [7, 11) is 6.77. The number of aromatic nitrogens is 1. The molecular formula is C28H34N3O3S+. The van der Waals surface area contributed by atoms with E-state index < -0.39 is 11.4 Å². The third kappa shape index (κ3) is 5.11. The van der Waals surface area contributed by atoms with Crippen LogP contribution < -0.4 is 5.32 Å². The van der Waals surface area contributed by atoms with E-state index in [1.165, 1.54) is 24.9 Å². The fourth-order valence-corrected chi connectivity index (χ4v) is 6.90. The van der Waals surface area contributed by atoms with Crippen LogP contribution in [0.25, 0.3) is 10.2 Å². The summed E-state index contributed by atoms with van der Waals surface area (Å²) in [5, 5.41) is 13.4. The van der Waals surface area contributed by atoms with E-state index in [2.05, 4.69) is 44.7 Å². The molecule has 1 amide bonds. The fraction of sp³-hybridized carbons (Fsp3) is 0.464. The van der Waals surface area contributed by atoms with Gasteiger partial charge < -0.3 is 14.9 Å². The van der Waals surface area contributed by atoms with E-state index in [4.69, 9.17) is 4.98 Å². The Morgan fingerprint density at radius 3 is 2.43 bits per heavy atom. The summed E-state index contributed by atoms with van der Waals surface area (Å²) in [6, 6.07) is 14.4. The number of hydrogen-bond donors (Lipinski definition) is 2. The molecule has 3 aromatic rings. The maximum absolute atomic E-state index is 13.3. The van der Waals surface area contributed by atoms with Crippen molar-refractivity contribution in [3.8, 4) is 0 Å². The van der Waals surface area contributed by atoms with E-state index in [-0.39, 0.29) is 12.3 Å². The molecule has 1 saturated carbocycles. The molecule has 1 heterocycles. The Kier molecular flexibility index (Phi) is 6.18. The van der Waals surface area contributed by atoms with Gasteiger partial charge in [-0.25, -0.2) is 4.98 Å². The number of quaternary nitrogens is 1. The fourth-order valence-electron chi connectivity index (χ4n) is 5.94. The van der Waals surface area contributed by atoms with Crippen LogP contribution >= 0.6 is 11.3 Å². The SMILES string of the molecule is C[N+](C)(C)C[C@H]1C[C@H](c2ccc3nc(CNC(=O)C4(CC(=O)O)Cc5ccccc5C4)sc3c2)C1. The normalized spacial score (nSPS) is 20.9. The minimum Gasteiger partial charge on any atom is -0.481 e. The molecule has 6 nitrogen and oxygen atoms in total. The van der Waals surface area contributed by atoms with Gasteiger partial charge in [0.1, 0.15) is 5.01 Å². The zero-order valence-electron chi connectivity index (χ0n) is 20.7. The molecule has 0 unspecified atom stereocenters. The first-order valence-corrected chi connectivity index (χ1v) is 13.2. The standard InChI is InChI=1S/C28H33N3O3S/c1-31(2,3)17-18-10-22(11-18)19-8-9-23-24(12-19)35-25(30-23)16-29-27(34)28(15-26(32)33)13-20-6-4-5-7-21(20)14-28/h4-9,12,18,22H,10-11,13-17H2,1-3H3,(H-,29,32,33,34)/p+1/t18-,22-. The molecule has 7 heteroatoms. The number of nitrogens with zero attached hydrogens (tertiary/aromatic N) is 2. The average molecular weight is 493 g/mol. The first-order valence-electron chi connectivity index (χ1n) is 12.4. The zero-order chi connectivity index (χ0) is 24.8. The summed E-state index contributed by atoms with van der Waals surface area (Å²) in [6.07, 6.45) is 3.24. The number of aliphatic carboxylic acids is 1. The number of carboxylic acid groups (broad SMARTS) is 1. The highest BCUT2D eigenvalue weighted by molar-refractivity contribution is 7.18. The van der Waals surface area contributed by atoms with Gasteiger partial charge in [-0.05, 0) is 60.4 Å². The summed E-state index contributed by atoms with van der Waals surface area (Å²) >= 11 is 1.61. The highest BCUT2D eigenvalue weighted by Crippen LogP contribution is 2.43. The summed E-state index contributed by atoms with van der Waals surface area (Å²) in [5.41, 5.74) is 3.54. The topological polar surface area (TPSA) is 79.3 Å². The average Bonchev–Trinajstić information content (AvgIpc) is 3.33. The highest BCUT2D eigenvalue weighted by Gasteiger charge is 2.45. The third-order valence-corrected chi connectivity index (χ3v) is 8.54. The molecule has 0 atom stereocenters. The molecule has 2 aliphatic carbocycles. The van der Waals surface area contributed by atoms with Gasteiger partial charge in [0.2, 0.25) is 5.91 Å². The second-order valence-corrected chi connectivity index (χ2v) is 12.6. The van der Waals surface area contributed by atoms with Crippen molar-refractivity contribution < 1.29 is 19.2 Å². The molecule has 1 aromatic heterocycles. The minimum absolute atomic E-state index is 0.173. The van der Waals surface area contributed by atoms with Crippen molar-refractivity contribution in [1.29, 1.82) is 0 Å². The zero-order valence-corrected chi connectivity index (χ0v) is 21.5. The largest absolute Gasteiger partial charge is 0.481 e. The van der Waals surface area contributed by atoms with Crippen molar-refractivity contribution in [2.75, 3.05) is 27.7 Å². The van der Waals surface area contributed by atoms with Crippen molar-refractivity contribution >= 4 is 33.4 Å². The van der Waals surface area contributed by atoms with Crippen molar-refractivity contribution in [2.24, 2.45) is 11.3 Å². The van der Waals surface area contributed by atoms with Gasteiger partial charge in [0, 0.05) is 5.92 Å². The Morgan fingerprint density at radius 2 is 1.80 bits per heavy atom. The van der Waals surface area contributed by atoms with Crippen LogP contribution in [0.15, 0.2) is 42.5 Å². The molecule has 0 radical (unpaired) electrons. The van der Waals surface area contributed by atoms with Crippen molar-refractivity contribution in [2.45, 2.75) is 44.6 Å². The van der Waals surface area contributed by atoms with E-state index >= 15 is 0 Å². The van der Waals surface area contributed by atoms with E-state index in [0.29, 0.717) is 25.3 Å². The van der Waals surface area contributed by atoms with Crippen LogP contribution in [0.2, 0.25) is 0 Å². The molecule has 2 aromatic carbocycles. The number of carbonyl (C=O) groups is 2. The number of carbonyl (C=O) groups excluding carboxylic acids is 1. The molecular weight excluding hydrogens is 458 g/mol. The molecule has 0 aliphatic heterocycles. The molecule has 184 valence electrons. The highest BCUT2D eigenvalue weighted by atomic mass is 32.1. The van der Waals surface area contributed by atoms with Gasteiger partial charge in [-0.2, -0.15) is 0 Å². The Balaban J connectivity index is 1.24. The maximum Gasteiger partial charge on any atom is 0.304 e. The number of nitrogens with one attached hydrogen (secondary N) is 1. The van der Waals surface area contributed by atoms with Crippen LogP contribution in [0.5, 0.6) is 0 Å². The molecule has 2 aliphatic rings. The van der Waals surface area contributed by atoms with Crippen LogP contribution in [-0.2, 0) is 29.0 Å². The lowest BCUT2D eigenvalue weighted by Crippen LogP contribution is -2.43. The lowest BCUT2D eigenvalue weighted by molar-refractivity contribution is -0.874. The minimum atomic E-state index is -0.944. The first kappa shape index (κ1) is 23.9. The summed E-state index contributed by atoms with van der Waals surface area (Å²) in [5.74, 6) is 0.276. The predicted octanol–water partition coefficient (Wildman–Crippen LogP) is 4.37. The van der Waals surface area contributed by atoms with Gasteiger partial charge in [-0.1, -0.05) is 30.3 Å². The van der Waals surface area contributed by atoms with Crippen LogP contribution in [0.3, 0.4) is 0 Å². The number of hydrogen-bond acceptors (Lipinski definition) is 4. The monoisotopic (exact) mass is 492 g/mol. The van der Waals surface area contributed by atoms with Crippen molar-refractivity contribution in [3.63, 3.8) is 0 Å². The van der Waals surface area contributed by atoms with Gasteiger partial charge >= 0.3 is 5.97 Å². The van der Waals surface area contributed by atoms with Crippen molar-refractivity contribution in [3.05, 3.63) is 64.2 Å². The third-order valence-electron chi connectivity index (χ3n) is 7.52. The second-order valence-electron chi connectivity index (χ2n) is 11.5. The van der Waals surface area contributed by atoms with Gasteiger partial charge in [0.05, 0.1) is 56.3 Å². The van der Waals surface area contributed by atoms with Crippen LogP contribution in [0, 0.1) is 11.3 Å². The molecule has 0 spiro atoms. The first-order chi connectivity index (χ1) is 16.6. The number of amides is 1. The van der Waals surface area contributed by atoms with Gasteiger partial charge in [-0.3, -0.25) is 9.59 Å². The molecule has 0 bridgehead atoms. The predicted molar refractivity (Wildman–Crippen MR) is 138 cm³/mol. The summed E-state index contributed by atoms with van der Waals surface area (Å²) in [6.45, 7) is 1.54. The second kappa shape index (κ2) is 9.03. The lowest BCUT2D eigenvalue weighted by atomic mass is 9.71. The molecule has 2 N–H and O–H groups in total. The smallest absolute Gasteiger partial charge is 0.304 e. The summed E-state index contributed by atoms with van der Waals surface area (Å²) in [4.78, 5) is 29.6. The van der Waals surface area contributed by atoms with E-state index in [0.717, 1.165) is 36.8 Å². The van der Waals surface area contributed by atoms with E-state index in [1.54, 1.807) is 11.3 Å². The number of fused-ring (bicyclic) bond motifs is 2. The van der Waals surface area contributed by atoms with Crippen LogP contribution in [0.4, 0.5) is 0 Å². The lowest BCUT2D eigenvalue weighted by Gasteiger charge is -2.39. The number of carboxylic acids is 1. The number of rotatable bonds is 8. The summed E-state index contributed by atoms with van der Waals surface area (Å²) < 4.78 is 2.16. The molecule has 1 fully saturated rings. The molecule has 35 heavy (non-hydrogen) atoms. The number of thiazole rings is 1. The Morgan fingerprint density at radius 1 is 1.11 bits per heavy atom. The Labute approximate surface area is 210 Å². The van der Waals surface area contributed by atoms with Crippen molar-refractivity contribution in [1.82, 2.24) is 10.3 Å². The van der Waals surface area contributed by atoms with E-state index in [9.17, 15) is 14.7 Å². The van der Waals surface area contributed by atoms with Crippen LogP contribution in [-0.4, -0.2) is 54.1 Å². The van der Waals surface area contributed by atoms with Gasteiger partial charge in [0.25, 0.3) is 0 Å². The van der Waals surface area contributed by atoms with Crippen LogP contribution in [0.1, 0.15) is 46.9 Å². The maximum atomic E-state index is 13.3. The van der Waals surface area contributed by atoms with Gasteiger partial charge in [-0.15, -0.1) is 11.3 Å². The quantitative estimate of drug-likeness (QED) is 0.458. The molecule has 0 saturated heterocycles. The molecule has 5 rings (SSSR count). The Bertz CT molecular complexity index is 1240.